The van der Waals surface area contributed by atoms with E-state index in [0.29, 0.717) is 11.3 Å². The molecule has 0 spiro atoms. The molecule has 106 valence electrons. The number of aliphatic carboxylic acids is 1. The monoisotopic (exact) mass is 295 g/mol. The lowest BCUT2D eigenvalue weighted by molar-refractivity contribution is -0.140. The number of carbonyl (C=O) groups is 2. The Hall–Kier alpha value is -1.56. The number of carboxylic acid groups (broad SMARTS) is 1. The fraction of sp³-hybridized carbons (Fsp3) is 0.429. The van der Waals surface area contributed by atoms with Gasteiger partial charge in [-0.2, -0.15) is 0 Å². The number of nitrogens with one attached hydrogen (secondary N) is 1. The molecule has 2 N–H and O–H groups in total. The van der Waals surface area contributed by atoms with Crippen molar-refractivity contribution in [2.75, 3.05) is 5.75 Å². The number of fused-ring (bicyclic) bond motifs is 1. The molecular formula is C14H14FNO3S. The maximum Gasteiger partial charge on any atom is 0.307 e. The molecule has 3 rings (SSSR count). The SMILES string of the molecule is O=C(O)[C@@H]1C[C@H]1C(=O)N[C@@H]1CCSc2c(F)cccc21. The van der Waals surface area contributed by atoms with E-state index in [0.717, 1.165) is 17.7 Å². The molecule has 1 aliphatic carbocycles. The summed E-state index contributed by atoms with van der Waals surface area (Å²) < 4.78 is 13.7. The Morgan fingerprint density at radius 1 is 1.35 bits per heavy atom. The Balaban J connectivity index is 1.73. The molecule has 20 heavy (non-hydrogen) atoms. The van der Waals surface area contributed by atoms with Crippen LogP contribution in [0, 0.1) is 17.7 Å². The molecule has 3 atom stereocenters. The highest BCUT2D eigenvalue weighted by atomic mass is 32.2. The Morgan fingerprint density at radius 2 is 2.15 bits per heavy atom. The Bertz CT molecular complexity index is 578. The number of amides is 1. The number of carboxylic acids is 1. The van der Waals surface area contributed by atoms with Crippen LogP contribution in [0.15, 0.2) is 23.1 Å². The zero-order valence-electron chi connectivity index (χ0n) is 10.6. The third-order valence-electron chi connectivity index (χ3n) is 3.79. The van der Waals surface area contributed by atoms with Crippen molar-refractivity contribution in [2.45, 2.75) is 23.8 Å². The quantitative estimate of drug-likeness (QED) is 0.897. The van der Waals surface area contributed by atoms with Gasteiger partial charge in [0, 0.05) is 10.6 Å². The van der Waals surface area contributed by atoms with Crippen LogP contribution in [0.4, 0.5) is 4.39 Å². The third-order valence-corrected chi connectivity index (χ3v) is 4.95. The van der Waals surface area contributed by atoms with E-state index < -0.39 is 17.8 Å². The summed E-state index contributed by atoms with van der Waals surface area (Å²) in [6, 6.07) is 4.65. The second-order valence-electron chi connectivity index (χ2n) is 5.14. The standard InChI is InChI=1S/C14H14FNO3S/c15-10-3-1-2-7-11(4-5-20-12(7)10)16-13(17)8-6-9(8)14(18)19/h1-3,8-9,11H,4-6H2,(H,16,17)(H,18,19)/t8-,9-,11-/m1/s1. The number of benzene rings is 1. The van der Waals surface area contributed by atoms with Crippen molar-refractivity contribution in [1.82, 2.24) is 5.32 Å². The van der Waals surface area contributed by atoms with Crippen LogP contribution in [-0.2, 0) is 9.59 Å². The first-order valence-electron chi connectivity index (χ1n) is 6.52. The summed E-state index contributed by atoms with van der Waals surface area (Å²) in [4.78, 5) is 23.4. The van der Waals surface area contributed by atoms with E-state index in [-0.39, 0.29) is 17.8 Å². The number of carbonyl (C=O) groups excluding carboxylic acids is 1. The second kappa shape index (κ2) is 5.09. The highest BCUT2D eigenvalue weighted by molar-refractivity contribution is 7.99. The minimum Gasteiger partial charge on any atom is -0.481 e. The van der Waals surface area contributed by atoms with E-state index in [1.807, 2.05) is 6.07 Å². The van der Waals surface area contributed by atoms with Gasteiger partial charge >= 0.3 is 5.97 Å². The maximum absolute atomic E-state index is 13.7. The summed E-state index contributed by atoms with van der Waals surface area (Å²) in [6.07, 6.45) is 1.13. The van der Waals surface area contributed by atoms with Gasteiger partial charge in [-0.15, -0.1) is 11.8 Å². The molecule has 1 aromatic carbocycles. The van der Waals surface area contributed by atoms with Crippen molar-refractivity contribution >= 4 is 23.6 Å². The fourth-order valence-electron chi connectivity index (χ4n) is 2.57. The molecule has 0 unspecified atom stereocenters. The van der Waals surface area contributed by atoms with Crippen molar-refractivity contribution in [2.24, 2.45) is 11.8 Å². The first-order chi connectivity index (χ1) is 9.58. The molecule has 1 aromatic rings. The smallest absolute Gasteiger partial charge is 0.307 e. The lowest BCUT2D eigenvalue weighted by Crippen LogP contribution is -2.32. The first kappa shape index (κ1) is 13.4. The van der Waals surface area contributed by atoms with Gasteiger partial charge < -0.3 is 10.4 Å². The molecule has 6 heteroatoms. The summed E-state index contributed by atoms with van der Waals surface area (Å²) in [6.45, 7) is 0. The van der Waals surface area contributed by atoms with Crippen LogP contribution in [0.3, 0.4) is 0 Å². The van der Waals surface area contributed by atoms with Gasteiger partial charge in [0.05, 0.1) is 17.9 Å². The molecule has 0 bridgehead atoms. The van der Waals surface area contributed by atoms with Crippen molar-refractivity contribution < 1.29 is 19.1 Å². The molecular weight excluding hydrogens is 281 g/mol. The van der Waals surface area contributed by atoms with Gasteiger partial charge in [-0.25, -0.2) is 4.39 Å². The largest absolute Gasteiger partial charge is 0.481 e. The predicted molar refractivity (Wildman–Crippen MR) is 71.9 cm³/mol. The van der Waals surface area contributed by atoms with E-state index in [1.165, 1.54) is 17.8 Å². The van der Waals surface area contributed by atoms with E-state index in [4.69, 9.17) is 5.11 Å². The van der Waals surface area contributed by atoms with Gasteiger partial charge in [-0.3, -0.25) is 9.59 Å². The minimum absolute atomic E-state index is 0.218. The lowest BCUT2D eigenvalue weighted by Gasteiger charge is -2.26. The summed E-state index contributed by atoms with van der Waals surface area (Å²) in [5.74, 6) is -1.66. The summed E-state index contributed by atoms with van der Waals surface area (Å²) >= 11 is 1.46. The van der Waals surface area contributed by atoms with Crippen LogP contribution >= 0.6 is 11.8 Å². The molecule has 1 saturated carbocycles. The number of thioether (sulfide) groups is 1. The fourth-order valence-corrected chi connectivity index (χ4v) is 3.71. The van der Waals surface area contributed by atoms with E-state index in [1.54, 1.807) is 6.07 Å². The van der Waals surface area contributed by atoms with Crippen LogP contribution in [0.25, 0.3) is 0 Å². The topological polar surface area (TPSA) is 66.4 Å². The molecule has 0 saturated heterocycles. The summed E-state index contributed by atoms with van der Waals surface area (Å²) in [5.41, 5.74) is 0.794. The minimum atomic E-state index is -0.921. The number of hydrogen-bond acceptors (Lipinski definition) is 3. The molecule has 1 amide bonds. The lowest BCUT2D eigenvalue weighted by atomic mass is 10.0. The van der Waals surface area contributed by atoms with Crippen molar-refractivity contribution in [3.8, 4) is 0 Å². The molecule has 0 aromatic heterocycles. The van der Waals surface area contributed by atoms with Crippen LogP contribution in [0.2, 0.25) is 0 Å². The number of hydrogen-bond donors (Lipinski definition) is 2. The van der Waals surface area contributed by atoms with Crippen molar-refractivity contribution in [1.29, 1.82) is 0 Å². The Labute approximate surface area is 119 Å². The van der Waals surface area contributed by atoms with Crippen LogP contribution in [0.1, 0.15) is 24.4 Å². The molecule has 1 aliphatic heterocycles. The Kier molecular flexibility index (Phi) is 3.41. The molecule has 2 aliphatic rings. The van der Waals surface area contributed by atoms with E-state index in [9.17, 15) is 14.0 Å². The summed E-state index contributed by atoms with van der Waals surface area (Å²) in [5, 5.41) is 11.7. The number of rotatable bonds is 3. The maximum atomic E-state index is 13.7. The van der Waals surface area contributed by atoms with Crippen molar-refractivity contribution in [3.05, 3.63) is 29.6 Å². The van der Waals surface area contributed by atoms with Gasteiger partial charge in [-0.1, -0.05) is 12.1 Å². The second-order valence-corrected chi connectivity index (χ2v) is 6.25. The van der Waals surface area contributed by atoms with Gasteiger partial charge in [0.2, 0.25) is 5.91 Å². The Morgan fingerprint density at radius 3 is 2.85 bits per heavy atom. The normalized spacial score (nSPS) is 27.6. The molecule has 1 heterocycles. The van der Waals surface area contributed by atoms with Crippen LogP contribution in [-0.4, -0.2) is 22.7 Å². The molecule has 0 radical (unpaired) electrons. The molecule has 4 nitrogen and oxygen atoms in total. The van der Waals surface area contributed by atoms with Gasteiger partial charge in [0.15, 0.2) is 0 Å². The zero-order valence-corrected chi connectivity index (χ0v) is 11.5. The third kappa shape index (κ3) is 2.40. The predicted octanol–water partition coefficient (Wildman–Crippen LogP) is 2.20. The number of halogens is 1. The highest BCUT2D eigenvalue weighted by Gasteiger charge is 2.48. The van der Waals surface area contributed by atoms with Crippen LogP contribution in [0.5, 0.6) is 0 Å². The highest BCUT2D eigenvalue weighted by Crippen LogP contribution is 2.41. The van der Waals surface area contributed by atoms with E-state index >= 15 is 0 Å². The van der Waals surface area contributed by atoms with Gasteiger partial charge in [0.25, 0.3) is 0 Å². The van der Waals surface area contributed by atoms with Gasteiger partial charge in [0.1, 0.15) is 5.82 Å². The van der Waals surface area contributed by atoms with Gasteiger partial charge in [-0.05, 0) is 24.5 Å². The summed E-state index contributed by atoms with van der Waals surface area (Å²) in [7, 11) is 0. The molecule has 1 fully saturated rings. The first-order valence-corrected chi connectivity index (χ1v) is 7.51. The average Bonchev–Trinajstić information content (AvgIpc) is 3.20. The van der Waals surface area contributed by atoms with Crippen molar-refractivity contribution in [3.63, 3.8) is 0 Å². The van der Waals surface area contributed by atoms with E-state index in [2.05, 4.69) is 5.32 Å². The van der Waals surface area contributed by atoms with Crippen LogP contribution < -0.4 is 5.32 Å². The zero-order chi connectivity index (χ0) is 14.3. The average molecular weight is 295 g/mol.